The van der Waals surface area contributed by atoms with Crippen molar-refractivity contribution < 1.29 is 19.4 Å². The Morgan fingerprint density at radius 2 is 2.12 bits per heavy atom. The first kappa shape index (κ1) is 17.5. The number of methoxy groups -OCH3 is 1. The van der Waals surface area contributed by atoms with E-state index in [0.717, 1.165) is 11.3 Å². The largest absolute Gasteiger partial charge is 0.497 e. The molecule has 7 heteroatoms. The maximum Gasteiger partial charge on any atom is 0.331 e. The number of carboxylic acids is 1. The van der Waals surface area contributed by atoms with Crippen molar-refractivity contribution in [1.82, 2.24) is 9.78 Å². The molecule has 0 aliphatic rings. The zero-order chi connectivity index (χ0) is 17.7. The highest BCUT2D eigenvalue weighted by molar-refractivity contribution is 5.90. The highest BCUT2D eigenvalue weighted by Crippen LogP contribution is 2.18. The molecule has 1 amide bonds. The molecule has 1 aromatic carbocycles. The Hall–Kier alpha value is -2.83. The molecule has 0 radical (unpaired) electrons. The lowest BCUT2D eigenvalue weighted by molar-refractivity contribution is -0.146. The second-order valence-corrected chi connectivity index (χ2v) is 5.94. The molecule has 1 aromatic heterocycles. The van der Waals surface area contributed by atoms with E-state index < -0.39 is 11.5 Å². The fourth-order valence-electron chi connectivity index (χ4n) is 2.10. The molecule has 128 valence electrons. The standard InChI is InChI=1S/C17H21N3O4/c1-17(2,16(22)23)20-11-13(10-18-20)19-15(21)8-7-12-5-4-6-14(9-12)24-3/h4-6,9-11H,7-8H2,1-3H3,(H,19,21)(H,22,23). The summed E-state index contributed by atoms with van der Waals surface area (Å²) in [6.07, 6.45) is 3.84. The van der Waals surface area contributed by atoms with Crippen LogP contribution in [0.4, 0.5) is 5.69 Å². The minimum absolute atomic E-state index is 0.162. The molecule has 2 aromatic rings. The summed E-state index contributed by atoms with van der Waals surface area (Å²) >= 11 is 0. The van der Waals surface area contributed by atoms with Crippen LogP contribution in [0.1, 0.15) is 25.8 Å². The number of benzene rings is 1. The molecule has 0 saturated heterocycles. The molecule has 0 saturated carbocycles. The summed E-state index contributed by atoms with van der Waals surface area (Å²) in [5.41, 5.74) is 0.302. The summed E-state index contributed by atoms with van der Waals surface area (Å²) < 4.78 is 6.46. The first-order valence-electron chi connectivity index (χ1n) is 7.54. The number of rotatable bonds is 7. The molecule has 0 unspecified atom stereocenters. The third-order valence-corrected chi connectivity index (χ3v) is 3.74. The molecular weight excluding hydrogens is 310 g/mol. The van der Waals surface area contributed by atoms with Gasteiger partial charge in [0.25, 0.3) is 0 Å². The SMILES string of the molecule is COc1cccc(CCC(=O)Nc2cnn(C(C)(C)C(=O)O)c2)c1. The Balaban J connectivity index is 1.93. The molecule has 0 aliphatic heterocycles. The lowest BCUT2D eigenvalue weighted by atomic mass is 10.1. The van der Waals surface area contributed by atoms with Gasteiger partial charge in [0.2, 0.25) is 5.91 Å². The number of aliphatic carboxylic acids is 1. The minimum atomic E-state index is -1.18. The average Bonchev–Trinajstić information content (AvgIpc) is 3.02. The van der Waals surface area contributed by atoms with Gasteiger partial charge in [-0.1, -0.05) is 12.1 Å². The third-order valence-electron chi connectivity index (χ3n) is 3.74. The zero-order valence-electron chi connectivity index (χ0n) is 13.9. The average molecular weight is 331 g/mol. The van der Waals surface area contributed by atoms with Crippen molar-refractivity contribution in [2.75, 3.05) is 12.4 Å². The number of carboxylic acid groups (broad SMARTS) is 1. The summed E-state index contributed by atoms with van der Waals surface area (Å²) in [5.74, 6) is -0.405. The van der Waals surface area contributed by atoms with Crippen molar-refractivity contribution in [1.29, 1.82) is 0 Å². The van der Waals surface area contributed by atoms with E-state index in [4.69, 9.17) is 4.74 Å². The van der Waals surface area contributed by atoms with E-state index in [0.29, 0.717) is 18.5 Å². The van der Waals surface area contributed by atoms with Crippen molar-refractivity contribution in [2.24, 2.45) is 0 Å². The van der Waals surface area contributed by atoms with Crippen molar-refractivity contribution in [3.8, 4) is 5.75 Å². The van der Waals surface area contributed by atoms with Crippen LogP contribution in [0.5, 0.6) is 5.75 Å². The highest BCUT2D eigenvalue weighted by atomic mass is 16.5. The van der Waals surface area contributed by atoms with Gasteiger partial charge in [-0.3, -0.25) is 9.48 Å². The number of nitrogens with zero attached hydrogens (tertiary/aromatic N) is 2. The van der Waals surface area contributed by atoms with Crippen LogP contribution in [0, 0.1) is 0 Å². The Kier molecular flexibility index (Phi) is 5.23. The van der Waals surface area contributed by atoms with Gasteiger partial charge >= 0.3 is 5.97 Å². The van der Waals surface area contributed by atoms with Gasteiger partial charge in [0.15, 0.2) is 5.54 Å². The van der Waals surface area contributed by atoms with E-state index in [1.807, 2.05) is 24.3 Å². The molecule has 2 rings (SSSR count). The Bertz CT molecular complexity index is 737. The topological polar surface area (TPSA) is 93.5 Å². The third kappa shape index (κ3) is 4.13. The lowest BCUT2D eigenvalue weighted by Gasteiger charge is -2.19. The van der Waals surface area contributed by atoms with Crippen LogP contribution in [-0.2, 0) is 21.5 Å². The Labute approximate surface area is 140 Å². The Morgan fingerprint density at radius 1 is 1.38 bits per heavy atom. The summed E-state index contributed by atoms with van der Waals surface area (Å²) in [6.45, 7) is 3.08. The molecular formula is C17H21N3O4. The number of hydrogen-bond acceptors (Lipinski definition) is 4. The van der Waals surface area contributed by atoms with Crippen LogP contribution in [-0.4, -0.2) is 33.9 Å². The summed E-state index contributed by atoms with van der Waals surface area (Å²) in [7, 11) is 1.60. The van der Waals surface area contributed by atoms with Crippen molar-refractivity contribution in [3.05, 3.63) is 42.2 Å². The molecule has 24 heavy (non-hydrogen) atoms. The smallest absolute Gasteiger partial charge is 0.331 e. The molecule has 0 bridgehead atoms. The fraction of sp³-hybridized carbons (Fsp3) is 0.353. The molecule has 2 N–H and O–H groups in total. The number of carbonyl (C=O) groups excluding carboxylic acids is 1. The van der Waals surface area contributed by atoms with Crippen LogP contribution in [0.2, 0.25) is 0 Å². The summed E-state index contributed by atoms with van der Waals surface area (Å²) in [4.78, 5) is 23.2. The summed E-state index contributed by atoms with van der Waals surface area (Å²) in [5, 5.41) is 15.9. The first-order valence-corrected chi connectivity index (χ1v) is 7.54. The lowest BCUT2D eigenvalue weighted by Crippen LogP contribution is -2.35. The number of ether oxygens (including phenoxy) is 1. The van der Waals surface area contributed by atoms with Gasteiger partial charge in [-0.2, -0.15) is 5.10 Å². The van der Waals surface area contributed by atoms with Gasteiger partial charge in [-0.05, 0) is 38.0 Å². The summed E-state index contributed by atoms with van der Waals surface area (Å²) in [6, 6.07) is 7.55. The van der Waals surface area contributed by atoms with Gasteiger partial charge in [-0.15, -0.1) is 0 Å². The minimum Gasteiger partial charge on any atom is -0.497 e. The van der Waals surface area contributed by atoms with E-state index >= 15 is 0 Å². The molecule has 0 spiro atoms. The van der Waals surface area contributed by atoms with Gasteiger partial charge in [0.05, 0.1) is 19.0 Å². The molecule has 0 atom stereocenters. The van der Waals surface area contributed by atoms with Crippen LogP contribution in [0.3, 0.4) is 0 Å². The monoisotopic (exact) mass is 331 g/mol. The van der Waals surface area contributed by atoms with Crippen LogP contribution in [0.15, 0.2) is 36.7 Å². The van der Waals surface area contributed by atoms with Gasteiger partial charge in [-0.25, -0.2) is 4.79 Å². The molecule has 0 fully saturated rings. The van der Waals surface area contributed by atoms with Gasteiger partial charge in [0, 0.05) is 12.6 Å². The second-order valence-electron chi connectivity index (χ2n) is 5.94. The predicted octanol–water partition coefficient (Wildman–Crippen LogP) is 2.28. The number of aromatic nitrogens is 2. The van der Waals surface area contributed by atoms with Gasteiger partial charge in [0.1, 0.15) is 5.75 Å². The maximum atomic E-state index is 12.0. The number of carbonyl (C=O) groups is 2. The normalized spacial score (nSPS) is 11.1. The number of amides is 1. The number of hydrogen-bond donors (Lipinski definition) is 2. The van der Waals surface area contributed by atoms with Crippen molar-refractivity contribution in [2.45, 2.75) is 32.2 Å². The highest BCUT2D eigenvalue weighted by Gasteiger charge is 2.30. The van der Waals surface area contributed by atoms with E-state index in [2.05, 4.69) is 10.4 Å². The first-order chi connectivity index (χ1) is 11.3. The second kappa shape index (κ2) is 7.16. The number of anilines is 1. The van der Waals surface area contributed by atoms with Crippen LogP contribution in [0.25, 0.3) is 0 Å². The quantitative estimate of drug-likeness (QED) is 0.812. The molecule has 0 aliphatic carbocycles. The fourth-order valence-corrected chi connectivity index (χ4v) is 2.10. The predicted molar refractivity (Wildman–Crippen MR) is 89.1 cm³/mol. The van der Waals surface area contributed by atoms with E-state index in [1.165, 1.54) is 30.9 Å². The van der Waals surface area contributed by atoms with E-state index in [1.54, 1.807) is 7.11 Å². The molecule has 1 heterocycles. The van der Waals surface area contributed by atoms with Crippen LogP contribution < -0.4 is 10.1 Å². The Morgan fingerprint density at radius 3 is 2.79 bits per heavy atom. The molecule has 7 nitrogen and oxygen atoms in total. The zero-order valence-corrected chi connectivity index (χ0v) is 13.9. The number of aryl methyl sites for hydroxylation is 1. The van der Waals surface area contributed by atoms with Crippen LogP contribution >= 0.6 is 0 Å². The van der Waals surface area contributed by atoms with Crippen molar-refractivity contribution >= 4 is 17.6 Å². The number of nitrogens with one attached hydrogen (secondary N) is 1. The van der Waals surface area contributed by atoms with E-state index in [9.17, 15) is 14.7 Å². The van der Waals surface area contributed by atoms with Crippen molar-refractivity contribution in [3.63, 3.8) is 0 Å². The van der Waals surface area contributed by atoms with Gasteiger partial charge < -0.3 is 15.2 Å². The van der Waals surface area contributed by atoms with E-state index in [-0.39, 0.29) is 5.91 Å². The maximum absolute atomic E-state index is 12.0.